The largest absolute Gasteiger partial charge is 0.396 e. The average Bonchev–Trinajstić information content (AvgIpc) is 2.18. The van der Waals surface area contributed by atoms with E-state index in [1.54, 1.807) is 0 Å². The van der Waals surface area contributed by atoms with Gasteiger partial charge in [-0.15, -0.1) is 0 Å². The molecule has 14 heavy (non-hydrogen) atoms. The van der Waals surface area contributed by atoms with E-state index in [0.29, 0.717) is 37.3 Å². The number of carbonyl (C=O) groups is 1. The molecule has 0 radical (unpaired) electrons. The van der Waals surface area contributed by atoms with Crippen LogP contribution in [0.2, 0.25) is 0 Å². The number of hydrogen-bond donors (Lipinski definition) is 2. The van der Waals surface area contributed by atoms with Gasteiger partial charge in [-0.25, -0.2) is 0 Å². The molecule has 1 unspecified atom stereocenters. The number of hydrogen-bond acceptors (Lipinski definition) is 3. The fourth-order valence-electron chi connectivity index (χ4n) is 0.934. The molecule has 0 aromatic heterocycles. The van der Waals surface area contributed by atoms with Crippen LogP contribution in [0.5, 0.6) is 0 Å². The minimum atomic E-state index is -0.805. The summed E-state index contributed by atoms with van der Waals surface area (Å²) in [5, 5.41) is 11.2. The van der Waals surface area contributed by atoms with Crippen LogP contribution in [-0.4, -0.2) is 39.9 Å². The molecule has 2 N–H and O–H groups in total. The van der Waals surface area contributed by atoms with Gasteiger partial charge in [-0.2, -0.15) is 0 Å². The number of rotatable bonds is 8. The predicted octanol–water partition coefficient (Wildman–Crippen LogP) is 0.0338. The number of amides is 1. The molecule has 0 saturated heterocycles. The standard InChI is InChI=1S/C9H19NO3S/c1-2-14(13)8-6-10-9(12)5-3-4-7-11/h11H,2-8H2,1H3,(H,10,12). The van der Waals surface area contributed by atoms with E-state index in [1.807, 2.05) is 6.92 Å². The van der Waals surface area contributed by atoms with Crippen LogP contribution >= 0.6 is 0 Å². The lowest BCUT2D eigenvalue weighted by Crippen LogP contribution is -2.27. The fraction of sp³-hybridized carbons (Fsp3) is 0.889. The lowest BCUT2D eigenvalue weighted by Gasteiger charge is -2.03. The molecule has 0 aromatic carbocycles. The molecule has 0 fully saturated rings. The Morgan fingerprint density at radius 1 is 1.43 bits per heavy atom. The zero-order chi connectivity index (χ0) is 10.8. The maximum atomic E-state index is 11.1. The molecule has 0 bridgehead atoms. The Labute approximate surface area is 87.5 Å². The van der Waals surface area contributed by atoms with Crippen LogP contribution in [0.25, 0.3) is 0 Å². The Balaban J connectivity index is 3.31. The van der Waals surface area contributed by atoms with Gasteiger partial charge in [0.2, 0.25) is 5.91 Å². The van der Waals surface area contributed by atoms with Crippen molar-refractivity contribution in [3.63, 3.8) is 0 Å². The smallest absolute Gasteiger partial charge is 0.220 e. The quantitative estimate of drug-likeness (QED) is 0.568. The van der Waals surface area contributed by atoms with E-state index in [1.165, 1.54) is 0 Å². The van der Waals surface area contributed by atoms with Crippen molar-refractivity contribution in [2.24, 2.45) is 0 Å². The summed E-state index contributed by atoms with van der Waals surface area (Å²) in [6.45, 7) is 2.48. The van der Waals surface area contributed by atoms with Gasteiger partial charge in [-0.3, -0.25) is 9.00 Å². The minimum Gasteiger partial charge on any atom is -0.396 e. The molecular weight excluding hydrogens is 202 g/mol. The first-order chi connectivity index (χ1) is 6.70. The van der Waals surface area contributed by atoms with Crippen molar-refractivity contribution in [1.82, 2.24) is 5.32 Å². The van der Waals surface area contributed by atoms with Gasteiger partial charge in [0.15, 0.2) is 0 Å². The number of aliphatic hydroxyl groups excluding tert-OH is 1. The Kier molecular flexibility index (Phi) is 8.87. The second-order valence-corrected chi connectivity index (χ2v) is 4.83. The van der Waals surface area contributed by atoms with Gasteiger partial charge in [0, 0.05) is 41.9 Å². The summed E-state index contributed by atoms with van der Waals surface area (Å²) in [5.41, 5.74) is 0. The first-order valence-corrected chi connectivity index (χ1v) is 6.42. The van der Waals surface area contributed by atoms with Crippen molar-refractivity contribution in [3.8, 4) is 0 Å². The van der Waals surface area contributed by atoms with Crippen LogP contribution in [0.3, 0.4) is 0 Å². The molecule has 1 atom stereocenters. The van der Waals surface area contributed by atoms with E-state index in [0.717, 1.165) is 0 Å². The lowest BCUT2D eigenvalue weighted by atomic mass is 10.2. The van der Waals surface area contributed by atoms with Crippen LogP contribution in [-0.2, 0) is 15.6 Å². The molecule has 0 aliphatic heterocycles. The molecule has 0 rings (SSSR count). The van der Waals surface area contributed by atoms with Crippen molar-refractivity contribution in [1.29, 1.82) is 0 Å². The first kappa shape index (κ1) is 13.6. The summed E-state index contributed by atoms with van der Waals surface area (Å²) in [7, 11) is -0.805. The van der Waals surface area contributed by atoms with E-state index >= 15 is 0 Å². The number of unbranched alkanes of at least 4 members (excludes halogenated alkanes) is 1. The zero-order valence-corrected chi connectivity index (χ0v) is 9.44. The Bertz CT molecular complexity index is 185. The van der Waals surface area contributed by atoms with Crippen LogP contribution < -0.4 is 5.32 Å². The molecule has 84 valence electrons. The summed E-state index contributed by atoms with van der Waals surface area (Å²) < 4.78 is 11.0. The minimum absolute atomic E-state index is 0.0217. The molecule has 0 heterocycles. The monoisotopic (exact) mass is 221 g/mol. The van der Waals surface area contributed by atoms with Crippen molar-refractivity contribution < 1.29 is 14.1 Å². The van der Waals surface area contributed by atoms with E-state index in [4.69, 9.17) is 5.11 Å². The van der Waals surface area contributed by atoms with Gasteiger partial charge in [0.05, 0.1) is 0 Å². The SMILES string of the molecule is CCS(=O)CCNC(=O)CCCCO. The first-order valence-electron chi connectivity index (χ1n) is 4.93. The second kappa shape index (κ2) is 9.15. The van der Waals surface area contributed by atoms with Crippen molar-refractivity contribution in [2.45, 2.75) is 26.2 Å². The second-order valence-electron chi connectivity index (χ2n) is 2.96. The molecular formula is C9H19NO3S. The van der Waals surface area contributed by atoms with Crippen LogP contribution in [0, 0.1) is 0 Å². The van der Waals surface area contributed by atoms with E-state index in [2.05, 4.69) is 5.32 Å². The normalized spacial score (nSPS) is 12.4. The molecule has 0 saturated carbocycles. The lowest BCUT2D eigenvalue weighted by molar-refractivity contribution is -0.121. The topological polar surface area (TPSA) is 66.4 Å². The molecule has 0 aromatic rings. The summed E-state index contributed by atoms with van der Waals surface area (Å²) in [4.78, 5) is 11.1. The van der Waals surface area contributed by atoms with E-state index in [-0.39, 0.29) is 12.5 Å². The van der Waals surface area contributed by atoms with Crippen LogP contribution in [0.1, 0.15) is 26.2 Å². The average molecular weight is 221 g/mol. The zero-order valence-electron chi connectivity index (χ0n) is 8.62. The predicted molar refractivity (Wildman–Crippen MR) is 57.5 cm³/mol. The van der Waals surface area contributed by atoms with Crippen LogP contribution in [0.15, 0.2) is 0 Å². The van der Waals surface area contributed by atoms with Crippen LogP contribution in [0.4, 0.5) is 0 Å². The third-order valence-electron chi connectivity index (χ3n) is 1.79. The number of nitrogens with one attached hydrogen (secondary N) is 1. The third kappa shape index (κ3) is 8.19. The summed E-state index contributed by atoms with van der Waals surface area (Å²) in [6, 6.07) is 0. The highest BCUT2D eigenvalue weighted by Crippen LogP contribution is 1.93. The Morgan fingerprint density at radius 3 is 2.71 bits per heavy atom. The van der Waals surface area contributed by atoms with Gasteiger partial charge in [0.25, 0.3) is 0 Å². The molecule has 0 aliphatic carbocycles. The Hall–Kier alpha value is -0.420. The van der Waals surface area contributed by atoms with Crippen molar-refractivity contribution in [3.05, 3.63) is 0 Å². The van der Waals surface area contributed by atoms with Gasteiger partial charge in [0.1, 0.15) is 0 Å². The number of carbonyl (C=O) groups excluding carboxylic acids is 1. The van der Waals surface area contributed by atoms with Gasteiger partial charge in [-0.1, -0.05) is 6.92 Å². The third-order valence-corrected chi connectivity index (χ3v) is 3.09. The van der Waals surface area contributed by atoms with Crippen molar-refractivity contribution in [2.75, 3.05) is 24.7 Å². The molecule has 0 spiro atoms. The Morgan fingerprint density at radius 2 is 2.14 bits per heavy atom. The summed E-state index contributed by atoms with van der Waals surface area (Å²) >= 11 is 0. The summed E-state index contributed by atoms with van der Waals surface area (Å²) in [6.07, 6.45) is 1.81. The molecule has 5 heteroatoms. The van der Waals surface area contributed by atoms with Gasteiger partial charge >= 0.3 is 0 Å². The van der Waals surface area contributed by atoms with E-state index < -0.39 is 10.8 Å². The van der Waals surface area contributed by atoms with Gasteiger partial charge in [-0.05, 0) is 12.8 Å². The molecule has 4 nitrogen and oxygen atoms in total. The molecule has 1 amide bonds. The maximum Gasteiger partial charge on any atom is 0.220 e. The highest BCUT2D eigenvalue weighted by atomic mass is 32.2. The summed E-state index contributed by atoms with van der Waals surface area (Å²) in [5.74, 6) is 1.15. The number of aliphatic hydroxyl groups is 1. The van der Waals surface area contributed by atoms with Gasteiger partial charge < -0.3 is 10.4 Å². The molecule has 0 aliphatic rings. The fourth-order valence-corrected chi connectivity index (χ4v) is 1.55. The highest BCUT2D eigenvalue weighted by molar-refractivity contribution is 7.84. The highest BCUT2D eigenvalue weighted by Gasteiger charge is 2.01. The van der Waals surface area contributed by atoms with Crippen molar-refractivity contribution >= 4 is 16.7 Å². The van der Waals surface area contributed by atoms with E-state index in [9.17, 15) is 9.00 Å². The maximum absolute atomic E-state index is 11.1.